The lowest BCUT2D eigenvalue weighted by Gasteiger charge is -2.16. The Labute approximate surface area is 110 Å². The third-order valence-electron chi connectivity index (χ3n) is 3.06. The molecule has 3 N–H and O–H groups in total. The van der Waals surface area contributed by atoms with Crippen molar-refractivity contribution in [2.75, 3.05) is 11.9 Å². The first-order valence-electron chi connectivity index (χ1n) is 6.09. The van der Waals surface area contributed by atoms with Crippen molar-refractivity contribution >= 4 is 17.7 Å². The molecule has 0 bridgehead atoms. The fraction of sp³-hybridized carbons (Fsp3) is 0.385. The number of urea groups is 1. The summed E-state index contributed by atoms with van der Waals surface area (Å²) in [6.45, 7) is 2.55. The number of carboxylic acids is 1. The minimum Gasteiger partial charge on any atom is -0.478 e. The Bertz CT molecular complexity index is 489. The number of carbonyl (C=O) groups excluding carboxylic acids is 1. The number of hydrogen-bond acceptors (Lipinski definition) is 3. The van der Waals surface area contributed by atoms with Crippen LogP contribution in [0.5, 0.6) is 0 Å². The lowest BCUT2D eigenvalue weighted by Crippen LogP contribution is -2.41. The van der Waals surface area contributed by atoms with Crippen molar-refractivity contribution in [2.45, 2.75) is 25.5 Å². The second kappa shape index (κ2) is 5.71. The molecular formula is C13H16N2O4. The van der Waals surface area contributed by atoms with Crippen molar-refractivity contribution in [2.24, 2.45) is 0 Å². The Hall–Kier alpha value is -2.08. The third kappa shape index (κ3) is 3.45. The predicted molar refractivity (Wildman–Crippen MR) is 69.4 cm³/mol. The molecule has 0 aliphatic carbocycles. The number of amides is 2. The van der Waals surface area contributed by atoms with Crippen molar-refractivity contribution in [3.63, 3.8) is 0 Å². The normalized spacial score (nSPS) is 21.9. The summed E-state index contributed by atoms with van der Waals surface area (Å²) in [7, 11) is 0. The monoisotopic (exact) mass is 264 g/mol. The molecule has 1 aliphatic heterocycles. The van der Waals surface area contributed by atoms with Gasteiger partial charge in [0.15, 0.2) is 0 Å². The van der Waals surface area contributed by atoms with Gasteiger partial charge in [0.1, 0.15) is 0 Å². The second-order valence-corrected chi connectivity index (χ2v) is 4.46. The molecule has 1 aromatic carbocycles. The molecule has 2 rings (SSSR count). The Morgan fingerprint density at radius 2 is 2.21 bits per heavy atom. The van der Waals surface area contributed by atoms with Gasteiger partial charge in [0.2, 0.25) is 0 Å². The largest absolute Gasteiger partial charge is 0.478 e. The molecule has 19 heavy (non-hydrogen) atoms. The van der Waals surface area contributed by atoms with Crippen molar-refractivity contribution in [1.82, 2.24) is 5.32 Å². The van der Waals surface area contributed by atoms with E-state index in [2.05, 4.69) is 10.6 Å². The zero-order chi connectivity index (χ0) is 13.8. The number of aromatic carboxylic acids is 1. The highest BCUT2D eigenvalue weighted by Gasteiger charge is 2.25. The SMILES string of the molecule is CC1OCCC1NC(=O)Nc1cccc(C(=O)O)c1. The molecule has 2 amide bonds. The van der Waals surface area contributed by atoms with Gasteiger partial charge in [-0.1, -0.05) is 6.07 Å². The minimum absolute atomic E-state index is 0.00361. The molecule has 6 nitrogen and oxygen atoms in total. The van der Waals surface area contributed by atoms with Gasteiger partial charge in [-0.2, -0.15) is 0 Å². The Kier molecular flexibility index (Phi) is 4.01. The first-order valence-corrected chi connectivity index (χ1v) is 6.09. The molecule has 1 aliphatic rings. The first-order chi connectivity index (χ1) is 9.06. The van der Waals surface area contributed by atoms with Crippen LogP contribution in [0.2, 0.25) is 0 Å². The molecule has 6 heteroatoms. The topological polar surface area (TPSA) is 87.7 Å². The van der Waals surface area contributed by atoms with Crippen molar-refractivity contribution < 1.29 is 19.4 Å². The summed E-state index contributed by atoms with van der Waals surface area (Å²) < 4.78 is 5.35. The van der Waals surface area contributed by atoms with Crippen LogP contribution in [0.1, 0.15) is 23.7 Å². The fourth-order valence-electron chi connectivity index (χ4n) is 1.99. The highest BCUT2D eigenvalue weighted by molar-refractivity contribution is 5.93. The maximum Gasteiger partial charge on any atom is 0.335 e. The second-order valence-electron chi connectivity index (χ2n) is 4.46. The zero-order valence-electron chi connectivity index (χ0n) is 10.6. The lowest BCUT2D eigenvalue weighted by atomic mass is 10.1. The summed E-state index contributed by atoms with van der Waals surface area (Å²) in [6, 6.07) is 5.74. The van der Waals surface area contributed by atoms with Gasteiger partial charge in [-0.05, 0) is 31.5 Å². The summed E-state index contributed by atoms with van der Waals surface area (Å²) in [6.07, 6.45) is 0.778. The summed E-state index contributed by atoms with van der Waals surface area (Å²) in [5.41, 5.74) is 0.583. The van der Waals surface area contributed by atoms with E-state index in [1.54, 1.807) is 12.1 Å². The summed E-state index contributed by atoms with van der Waals surface area (Å²) in [4.78, 5) is 22.6. The molecule has 1 heterocycles. The molecule has 2 unspecified atom stereocenters. The van der Waals surface area contributed by atoms with E-state index in [9.17, 15) is 9.59 Å². The van der Waals surface area contributed by atoms with E-state index in [1.165, 1.54) is 12.1 Å². The van der Waals surface area contributed by atoms with Crippen LogP contribution in [-0.2, 0) is 4.74 Å². The maximum absolute atomic E-state index is 11.8. The van der Waals surface area contributed by atoms with Crippen LogP contribution in [0.4, 0.5) is 10.5 Å². The van der Waals surface area contributed by atoms with Gasteiger partial charge in [0.05, 0.1) is 17.7 Å². The zero-order valence-corrected chi connectivity index (χ0v) is 10.6. The van der Waals surface area contributed by atoms with Gasteiger partial charge >= 0.3 is 12.0 Å². The number of anilines is 1. The molecule has 0 spiro atoms. The quantitative estimate of drug-likeness (QED) is 0.775. The van der Waals surface area contributed by atoms with Gasteiger partial charge in [-0.15, -0.1) is 0 Å². The first kappa shape index (κ1) is 13.4. The van der Waals surface area contributed by atoms with E-state index >= 15 is 0 Å². The predicted octanol–water partition coefficient (Wildman–Crippen LogP) is 1.68. The number of carboxylic acid groups (broad SMARTS) is 1. The van der Waals surface area contributed by atoms with Crippen LogP contribution in [0.15, 0.2) is 24.3 Å². The number of rotatable bonds is 3. The van der Waals surface area contributed by atoms with E-state index in [0.29, 0.717) is 12.3 Å². The molecular weight excluding hydrogens is 248 g/mol. The molecule has 1 fully saturated rings. The molecule has 1 aromatic rings. The molecule has 1 saturated heterocycles. The maximum atomic E-state index is 11.8. The van der Waals surface area contributed by atoms with Gasteiger partial charge in [-0.3, -0.25) is 0 Å². The number of nitrogens with one attached hydrogen (secondary N) is 2. The number of benzene rings is 1. The van der Waals surface area contributed by atoms with Gasteiger partial charge < -0.3 is 20.5 Å². The van der Waals surface area contributed by atoms with Crippen molar-refractivity contribution in [1.29, 1.82) is 0 Å². The number of hydrogen-bond donors (Lipinski definition) is 3. The van der Waals surface area contributed by atoms with E-state index in [-0.39, 0.29) is 23.7 Å². The fourth-order valence-corrected chi connectivity index (χ4v) is 1.99. The van der Waals surface area contributed by atoms with Crippen LogP contribution < -0.4 is 10.6 Å². The summed E-state index contributed by atoms with van der Waals surface area (Å²) in [5.74, 6) is -1.03. The molecule has 102 valence electrons. The highest BCUT2D eigenvalue weighted by Crippen LogP contribution is 2.14. The molecule has 2 atom stereocenters. The van der Waals surface area contributed by atoms with E-state index < -0.39 is 5.97 Å². The Morgan fingerprint density at radius 1 is 1.42 bits per heavy atom. The third-order valence-corrected chi connectivity index (χ3v) is 3.06. The van der Waals surface area contributed by atoms with Gasteiger partial charge in [0, 0.05) is 12.3 Å². The molecule has 0 saturated carbocycles. The highest BCUT2D eigenvalue weighted by atomic mass is 16.5. The van der Waals surface area contributed by atoms with Crippen molar-refractivity contribution in [3.05, 3.63) is 29.8 Å². The van der Waals surface area contributed by atoms with Crippen LogP contribution in [0, 0.1) is 0 Å². The van der Waals surface area contributed by atoms with Gasteiger partial charge in [-0.25, -0.2) is 9.59 Å². The molecule has 0 radical (unpaired) electrons. The van der Waals surface area contributed by atoms with E-state index in [4.69, 9.17) is 9.84 Å². The molecule has 0 aromatic heterocycles. The smallest absolute Gasteiger partial charge is 0.335 e. The van der Waals surface area contributed by atoms with Crippen LogP contribution in [-0.4, -0.2) is 35.9 Å². The van der Waals surface area contributed by atoms with Gasteiger partial charge in [0.25, 0.3) is 0 Å². The number of ether oxygens (including phenoxy) is 1. The lowest BCUT2D eigenvalue weighted by molar-refractivity contribution is 0.0697. The van der Waals surface area contributed by atoms with Crippen LogP contribution in [0.3, 0.4) is 0 Å². The van der Waals surface area contributed by atoms with Crippen LogP contribution in [0.25, 0.3) is 0 Å². The van der Waals surface area contributed by atoms with Crippen molar-refractivity contribution in [3.8, 4) is 0 Å². The average Bonchev–Trinajstić information content (AvgIpc) is 2.75. The minimum atomic E-state index is -1.03. The Balaban J connectivity index is 1.95. The van der Waals surface area contributed by atoms with Crippen LogP contribution >= 0.6 is 0 Å². The summed E-state index contributed by atoms with van der Waals surface area (Å²) in [5, 5.41) is 14.3. The van der Waals surface area contributed by atoms with E-state index in [1.807, 2.05) is 6.92 Å². The Morgan fingerprint density at radius 3 is 2.84 bits per heavy atom. The number of carbonyl (C=O) groups is 2. The average molecular weight is 264 g/mol. The summed E-state index contributed by atoms with van der Waals surface area (Å²) >= 11 is 0. The van der Waals surface area contributed by atoms with E-state index in [0.717, 1.165) is 6.42 Å². The standard InChI is InChI=1S/C13H16N2O4/c1-8-11(5-6-19-8)15-13(18)14-10-4-2-3-9(7-10)12(16)17/h2-4,7-8,11H,5-6H2,1H3,(H,16,17)(H2,14,15,18).